The van der Waals surface area contributed by atoms with Gasteiger partial charge in [-0.3, -0.25) is 0 Å². The third-order valence-electron chi connectivity index (χ3n) is 3.93. The van der Waals surface area contributed by atoms with E-state index in [9.17, 15) is 0 Å². The minimum Gasteiger partial charge on any atom is -0.381 e. The number of anilines is 2. The van der Waals surface area contributed by atoms with Crippen LogP contribution in [0.1, 0.15) is 24.8 Å². The fourth-order valence-corrected chi connectivity index (χ4v) is 2.71. The number of benzene rings is 1. The molecule has 0 amide bonds. The lowest BCUT2D eigenvalue weighted by Gasteiger charge is -2.28. The van der Waals surface area contributed by atoms with E-state index in [-0.39, 0.29) is 0 Å². The molecule has 1 aromatic carbocycles. The van der Waals surface area contributed by atoms with Crippen molar-refractivity contribution in [2.24, 2.45) is 0 Å². The zero-order valence-electron chi connectivity index (χ0n) is 12.3. The number of piperidine rings is 1. The Hall–Kier alpha value is -2.23. The maximum atomic E-state index is 4.17. The Kier molecular flexibility index (Phi) is 4.24. The third-order valence-corrected chi connectivity index (χ3v) is 3.93. The predicted octanol–water partition coefficient (Wildman–Crippen LogP) is 3.59. The van der Waals surface area contributed by atoms with E-state index in [2.05, 4.69) is 46.2 Å². The van der Waals surface area contributed by atoms with Crippen LogP contribution in [0.2, 0.25) is 0 Å². The van der Waals surface area contributed by atoms with Crippen LogP contribution in [-0.4, -0.2) is 22.9 Å². The minimum atomic E-state index is 0.775. The lowest BCUT2D eigenvalue weighted by atomic mass is 10.1. The van der Waals surface area contributed by atoms with Gasteiger partial charge in [-0.2, -0.15) is 5.10 Å². The van der Waals surface area contributed by atoms with Gasteiger partial charge < -0.3 is 10.2 Å². The minimum absolute atomic E-state index is 0.775. The smallest absolute Gasteiger partial charge is 0.0543 e. The monoisotopic (exact) mass is 282 g/mol. The van der Waals surface area contributed by atoms with E-state index >= 15 is 0 Å². The third kappa shape index (κ3) is 3.45. The molecule has 110 valence electrons. The zero-order valence-corrected chi connectivity index (χ0v) is 12.3. The van der Waals surface area contributed by atoms with Crippen molar-refractivity contribution in [3.63, 3.8) is 0 Å². The quantitative estimate of drug-likeness (QED) is 0.910. The summed E-state index contributed by atoms with van der Waals surface area (Å²) in [5.41, 5.74) is 3.62. The van der Waals surface area contributed by atoms with Gasteiger partial charge in [0.05, 0.1) is 6.20 Å². The summed E-state index contributed by atoms with van der Waals surface area (Å²) in [5.74, 6) is 0. The van der Waals surface area contributed by atoms with Crippen molar-refractivity contribution < 1.29 is 0 Å². The topological polar surface area (TPSA) is 33.1 Å². The van der Waals surface area contributed by atoms with Crippen molar-refractivity contribution in [2.45, 2.75) is 25.8 Å². The largest absolute Gasteiger partial charge is 0.381 e. The van der Waals surface area contributed by atoms with Crippen LogP contribution in [0.5, 0.6) is 0 Å². The number of aromatic nitrogens is 2. The molecule has 1 aromatic heterocycles. The second-order valence-electron chi connectivity index (χ2n) is 5.46. The molecule has 2 heterocycles. The van der Waals surface area contributed by atoms with Gasteiger partial charge in [-0.25, -0.2) is 4.68 Å². The van der Waals surface area contributed by atoms with E-state index in [0.717, 1.165) is 17.8 Å². The highest BCUT2D eigenvalue weighted by atomic mass is 15.2. The Morgan fingerprint density at radius 3 is 2.57 bits per heavy atom. The van der Waals surface area contributed by atoms with E-state index in [1.165, 1.54) is 38.0 Å². The molecule has 21 heavy (non-hydrogen) atoms. The summed E-state index contributed by atoms with van der Waals surface area (Å²) in [4.78, 5) is 2.47. The number of nitrogens with one attached hydrogen (secondary N) is 1. The molecule has 0 radical (unpaired) electrons. The van der Waals surface area contributed by atoms with Crippen molar-refractivity contribution in [1.29, 1.82) is 0 Å². The molecule has 1 N–H and O–H groups in total. The Labute approximate surface area is 126 Å². The molecule has 0 unspecified atom stereocenters. The van der Waals surface area contributed by atoms with Crippen molar-refractivity contribution in [1.82, 2.24) is 9.78 Å². The first-order chi connectivity index (χ1) is 10.3. The average Bonchev–Trinajstić information content (AvgIpc) is 3.02. The lowest BCUT2D eigenvalue weighted by molar-refractivity contribution is 0.578. The summed E-state index contributed by atoms with van der Waals surface area (Å²) in [6.07, 6.45) is 9.52. The molecule has 0 spiro atoms. The van der Waals surface area contributed by atoms with Crippen LogP contribution in [0.3, 0.4) is 0 Å². The van der Waals surface area contributed by atoms with E-state index in [1.807, 2.05) is 12.4 Å². The van der Waals surface area contributed by atoms with Gasteiger partial charge in [0.15, 0.2) is 0 Å². The maximum absolute atomic E-state index is 4.17. The van der Waals surface area contributed by atoms with Crippen LogP contribution in [0.25, 0.3) is 6.20 Å². The zero-order chi connectivity index (χ0) is 14.5. The molecule has 1 aliphatic rings. The van der Waals surface area contributed by atoms with Gasteiger partial charge in [0.2, 0.25) is 0 Å². The van der Waals surface area contributed by atoms with Crippen LogP contribution in [0.4, 0.5) is 11.4 Å². The Morgan fingerprint density at radius 2 is 1.90 bits per heavy atom. The highest BCUT2D eigenvalue weighted by Crippen LogP contribution is 2.22. The summed E-state index contributed by atoms with van der Waals surface area (Å²) in [6, 6.07) is 8.73. The first kappa shape index (κ1) is 13.7. The molecule has 0 saturated carbocycles. The number of hydrogen-bond donors (Lipinski definition) is 1. The molecule has 0 bridgehead atoms. The average molecular weight is 282 g/mol. The maximum Gasteiger partial charge on any atom is 0.0543 e. The summed E-state index contributed by atoms with van der Waals surface area (Å²) in [6.45, 7) is 6.84. The van der Waals surface area contributed by atoms with Crippen LogP contribution in [-0.2, 0) is 6.54 Å². The second-order valence-corrected chi connectivity index (χ2v) is 5.46. The van der Waals surface area contributed by atoms with Gasteiger partial charge in [-0.15, -0.1) is 0 Å². The van der Waals surface area contributed by atoms with Gasteiger partial charge >= 0.3 is 0 Å². The molecular formula is C17H22N4. The Morgan fingerprint density at radius 1 is 1.14 bits per heavy atom. The second kappa shape index (κ2) is 6.48. The van der Waals surface area contributed by atoms with E-state index in [4.69, 9.17) is 0 Å². The molecule has 0 atom stereocenters. The normalized spacial score (nSPS) is 15.0. The number of rotatable bonds is 5. The van der Waals surface area contributed by atoms with Crippen LogP contribution in [0, 0.1) is 0 Å². The summed E-state index contributed by atoms with van der Waals surface area (Å²) >= 11 is 0. The summed E-state index contributed by atoms with van der Waals surface area (Å²) < 4.78 is 1.72. The standard InChI is InChI=1S/C17H22N4/c1-2-21-14-15(13-19-21)12-18-16-6-8-17(9-7-16)20-10-4-3-5-11-20/h2,6-9,13-14,18H,1,3-5,10-12H2. The molecular weight excluding hydrogens is 260 g/mol. The van der Waals surface area contributed by atoms with Crippen molar-refractivity contribution >= 4 is 17.6 Å². The highest BCUT2D eigenvalue weighted by Gasteiger charge is 2.10. The molecule has 1 fully saturated rings. The molecule has 1 aliphatic heterocycles. The van der Waals surface area contributed by atoms with Gasteiger partial charge in [-0.1, -0.05) is 6.58 Å². The Balaban J connectivity index is 1.57. The van der Waals surface area contributed by atoms with Crippen LogP contribution in [0.15, 0.2) is 43.2 Å². The summed E-state index contributed by atoms with van der Waals surface area (Å²) in [5, 5.41) is 7.60. The molecule has 0 aliphatic carbocycles. The Bertz CT molecular complexity index is 579. The van der Waals surface area contributed by atoms with Crippen molar-refractivity contribution in [3.8, 4) is 0 Å². The fraction of sp³-hybridized carbons (Fsp3) is 0.353. The molecule has 1 saturated heterocycles. The molecule has 4 heteroatoms. The number of nitrogens with zero attached hydrogens (tertiary/aromatic N) is 3. The first-order valence-corrected chi connectivity index (χ1v) is 7.59. The van der Waals surface area contributed by atoms with Crippen LogP contribution < -0.4 is 10.2 Å². The van der Waals surface area contributed by atoms with E-state index < -0.39 is 0 Å². The van der Waals surface area contributed by atoms with Gasteiger partial charge in [0.1, 0.15) is 0 Å². The predicted molar refractivity (Wildman–Crippen MR) is 88.4 cm³/mol. The van der Waals surface area contributed by atoms with Crippen molar-refractivity contribution in [2.75, 3.05) is 23.3 Å². The van der Waals surface area contributed by atoms with Crippen LogP contribution >= 0.6 is 0 Å². The van der Waals surface area contributed by atoms with Crippen molar-refractivity contribution in [3.05, 3.63) is 48.8 Å². The molecule has 4 nitrogen and oxygen atoms in total. The number of hydrogen-bond acceptors (Lipinski definition) is 3. The van der Waals surface area contributed by atoms with E-state index in [0.29, 0.717) is 0 Å². The van der Waals surface area contributed by atoms with Gasteiger partial charge in [0, 0.05) is 49.0 Å². The van der Waals surface area contributed by atoms with E-state index in [1.54, 1.807) is 10.9 Å². The fourth-order valence-electron chi connectivity index (χ4n) is 2.71. The summed E-state index contributed by atoms with van der Waals surface area (Å²) in [7, 11) is 0. The SMILES string of the molecule is C=Cn1cc(CNc2ccc(N3CCCCC3)cc2)cn1. The first-order valence-electron chi connectivity index (χ1n) is 7.59. The van der Waals surface area contributed by atoms with Gasteiger partial charge in [-0.05, 0) is 43.5 Å². The molecule has 3 rings (SSSR count). The van der Waals surface area contributed by atoms with Gasteiger partial charge in [0.25, 0.3) is 0 Å². The highest BCUT2D eigenvalue weighted by molar-refractivity contribution is 5.55. The lowest BCUT2D eigenvalue weighted by Crippen LogP contribution is -2.29. The molecule has 2 aromatic rings.